The Hall–Kier alpha value is -2.22. The van der Waals surface area contributed by atoms with Crippen molar-refractivity contribution in [3.63, 3.8) is 0 Å². The first-order valence-electron chi connectivity index (χ1n) is 6.53. The zero-order valence-electron chi connectivity index (χ0n) is 10.7. The van der Waals surface area contributed by atoms with Gasteiger partial charge in [0.2, 0.25) is 5.89 Å². The molecule has 0 atom stereocenters. The number of furan rings is 1. The molecule has 0 aliphatic heterocycles. The molecule has 1 saturated carbocycles. The van der Waals surface area contributed by atoms with Gasteiger partial charge >= 0.3 is 5.88 Å². The van der Waals surface area contributed by atoms with Gasteiger partial charge in [0.15, 0.2) is 5.76 Å². The van der Waals surface area contributed by atoms with E-state index in [0.29, 0.717) is 18.4 Å². The van der Waals surface area contributed by atoms with Gasteiger partial charge in [-0.3, -0.25) is 10.1 Å². The van der Waals surface area contributed by atoms with Crippen LogP contribution < -0.4 is 5.32 Å². The molecule has 3 rings (SSSR count). The Bertz CT molecular complexity index is 602. The molecular formula is C12H14N4O4. The van der Waals surface area contributed by atoms with Gasteiger partial charge in [-0.1, -0.05) is 0 Å². The Labute approximate surface area is 114 Å². The lowest BCUT2D eigenvalue weighted by molar-refractivity contribution is -0.401. The highest BCUT2D eigenvalue weighted by Crippen LogP contribution is 2.25. The fourth-order valence-electron chi connectivity index (χ4n) is 1.83. The summed E-state index contributed by atoms with van der Waals surface area (Å²) in [5.41, 5.74) is 0. The van der Waals surface area contributed by atoms with Crippen molar-refractivity contribution in [3.8, 4) is 11.7 Å². The Morgan fingerprint density at radius 2 is 2.20 bits per heavy atom. The average Bonchev–Trinajstić information content (AvgIpc) is 2.93. The highest BCUT2D eigenvalue weighted by atomic mass is 16.6. The Kier molecular flexibility index (Phi) is 3.46. The van der Waals surface area contributed by atoms with Crippen LogP contribution in [0.2, 0.25) is 0 Å². The molecule has 0 spiro atoms. The van der Waals surface area contributed by atoms with Gasteiger partial charge in [-0.25, -0.2) is 0 Å². The van der Waals surface area contributed by atoms with Crippen molar-refractivity contribution in [1.29, 1.82) is 0 Å². The number of rotatable bonds is 7. The molecule has 0 unspecified atom stereocenters. The van der Waals surface area contributed by atoms with Crippen molar-refractivity contribution < 1.29 is 13.8 Å². The van der Waals surface area contributed by atoms with Crippen LogP contribution in [0.5, 0.6) is 0 Å². The molecule has 2 heterocycles. The van der Waals surface area contributed by atoms with Crippen molar-refractivity contribution >= 4 is 5.88 Å². The van der Waals surface area contributed by atoms with E-state index in [-0.39, 0.29) is 17.5 Å². The second kappa shape index (κ2) is 5.41. The first-order chi connectivity index (χ1) is 9.72. The summed E-state index contributed by atoms with van der Waals surface area (Å²) in [6, 6.07) is 3.40. The predicted molar refractivity (Wildman–Crippen MR) is 68.0 cm³/mol. The fourth-order valence-corrected chi connectivity index (χ4v) is 1.83. The van der Waals surface area contributed by atoms with Crippen LogP contribution >= 0.6 is 0 Å². The molecule has 0 radical (unpaired) electrons. The van der Waals surface area contributed by atoms with Crippen LogP contribution in [0, 0.1) is 10.1 Å². The largest absolute Gasteiger partial charge is 0.433 e. The molecule has 0 amide bonds. The van der Waals surface area contributed by atoms with E-state index >= 15 is 0 Å². The first kappa shape index (κ1) is 12.8. The standard InChI is InChI=1S/C12H14N4O4/c17-16(18)11-6-5-9(19-11)12-15-14-10(20-12)2-1-7-13-8-3-4-8/h5-6,8,13H,1-4,7H2. The molecule has 0 saturated heterocycles. The number of hydrogen-bond acceptors (Lipinski definition) is 7. The Morgan fingerprint density at radius 1 is 1.35 bits per heavy atom. The van der Waals surface area contributed by atoms with E-state index in [1.54, 1.807) is 0 Å². The van der Waals surface area contributed by atoms with Gasteiger partial charge in [-0.15, -0.1) is 10.2 Å². The van der Waals surface area contributed by atoms with Crippen LogP contribution in [0.25, 0.3) is 11.7 Å². The van der Waals surface area contributed by atoms with E-state index in [4.69, 9.17) is 8.83 Å². The lowest BCUT2D eigenvalue weighted by Crippen LogP contribution is -2.17. The minimum atomic E-state index is -0.607. The summed E-state index contributed by atoms with van der Waals surface area (Å²) in [5, 5.41) is 21.7. The van der Waals surface area contributed by atoms with Gasteiger partial charge < -0.3 is 14.2 Å². The third kappa shape index (κ3) is 3.02. The SMILES string of the molecule is O=[N+]([O-])c1ccc(-c2nnc(CCCNC3CC3)o2)o1. The van der Waals surface area contributed by atoms with Gasteiger partial charge in [0.1, 0.15) is 4.92 Å². The average molecular weight is 278 g/mol. The zero-order valence-corrected chi connectivity index (χ0v) is 10.7. The first-order valence-corrected chi connectivity index (χ1v) is 6.53. The normalized spacial score (nSPS) is 14.6. The maximum atomic E-state index is 10.5. The second-order valence-corrected chi connectivity index (χ2v) is 4.73. The summed E-state index contributed by atoms with van der Waals surface area (Å²) >= 11 is 0. The lowest BCUT2D eigenvalue weighted by atomic mass is 10.3. The molecule has 1 N–H and O–H groups in total. The van der Waals surface area contributed by atoms with Crippen LogP contribution in [0.1, 0.15) is 25.2 Å². The molecule has 2 aromatic rings. The fraction of sp³-hybridized carbons (Fsp3) is 0.500. The van der Waals surface area contributed by atoms with E-state index in [0.717, 1.165) is 13.0 Å². The van der Waals surface area contributed by atoms with Crippen molar-refractivity contribution in [1.82, 2.24) is 15.5 Å². The number of aromatic nitrogens is 2. The highest BCUT2D eigenvalue weighted by molar-refractivity contribution is 5.45. The minimum Gasteiger partial charge on any atom is -0.418 e. The molecule has 2 aromatic heterocycles. The molecular weight excluding hydrogens is 264 g/mol. The lowest BCUT2D eigenvalue weighted by Gasteiger charge is -1.99. The number of aryl methyl sites for hydroxylation is 1. The van der Waals surface area contributed by atoms with Gasteiger partial charge in [0.05, 0.1) is 6.07 Å². The molecule has 0 aromatic carbocycles. The molecule has 1 aliphatic rings. The van der Waals surface area contributed by atoms with Crippen LogP contribution in [-0.4, -0.2) is 27.7 Å². The van der Waals surface area contributed by atoms with Crippen LogP contribution in [-0.2, 0) is 6.42 Å². The maximum absolute atomic E-state index is 10.5. The van der Waals surface area contributed by atoms with Gasteiger partial charge in [-0.05, 0) is 31.9 Å². The van der Waals surface area contributed by atoms with Crippen LogP contribution in [0.3, 0.4) is 0 Å². The van der Waals surface area contributed by atoms with Crippen LogP contribution in [0.4, 0.5) is 5.88 Å². The summed E-state index contributed by atoms with van der Waals surface area (Å²) in [4.78, 5) is 9.92. The topological polar surface area (TPSA) is 107 Å². The number of hydrogen-bond donors (Lipinski definition) is 1. The van der Waals surface area contributed by atoms with E-state index in [9.17, 15) is 10.1 Å². The van der Waals surface area contributed by atoms with Crippen molar-refractivity contribution in [2.45, 2.75) is 31.7 Å². The summed E-state index contributed by atoms with van der Waals surface area (Å²) in [6.07, 6.45) is 4.12. The zero-order chi connectivity index (χ0) is 13.9. The third-order valence-electron chi connectivity index (χ3n) is 3.03. The minimum absolute atomic E-state index is 0.170. The van der Waals surface area contributed by atoms with Crippen molar-refractivity contribution in [2.24, 2.45) is 0 Å². The second-order valence-electron chi connectivity index (χ2n) is 4.73. The maximum Gasteiger partial charge on any atom is 0.433 e. The predicted octanol–water partition coefficient (Wildman–Crippen LogP) is 1.92. The van der Waals surface area contributed by atoms with E-state index < -0.39 is 4.92 Å². The number of nitrogens with zero attached hydrogens (tertiary/aromatic N) is 3. The quantitative estimate of drug-likeness (QED) is 0.468. The molecule has 8 nitrogen and oxygen atoms in total. The molecule has 1 aliphatic carbocycles. The van der Waals surface area contributed by atoms with E-state index in [1.807, 2.05) is 0 Å². The van der Waals surface area contributed by atoms with Crippen molar-refractivity contribution in [2.75, 3.05) is 6.54 Å². The summed E-state index contributed by atoms with van der Waals surface area (Å²) < 4.78 is 10.4. The number of nitrogens with one attached hydrogen (secondary N) is 1. The molecule has 1 fully saturated rings. The molecule has 0 bridgehead atoms. The Balaban J connectivity index is 1.55. The van der Waals surface area contributed by atoms with Crippen LogP contribution in [0.15, 0.2) is 21.0 Å². The molecule has 20 heavy (non-hydrogen) atoms. The smallest absolute Gasteiger partial charge is 0.418 e. The summed E-state index contributed by atoms with van der Waals surface area (Å²) in [7, 11) is 0. The molecule has 8 heteroatoms. The van der Waals surface area contributed by atoms with Gasteiger partial charge in [0, 0.05) is 12.5 Å². The third-order valence-corrected chi connectivity index (χ3v) is 3.03. The van der Waals surface area contributed by atoms with Crippen molar-refractivity contribution in [3.05, 3.63) is 28.1 Å². The van der Waals surface area contributed by atoms with E-state index in [1.165, 1.54) is 25.0 Å². The monoisotopic (exact) mass is 278 g/mol. The summed E-state index contributed by atoms with van der Waals surface area (Å²) in [5.74, 6) is 0.555. The van der Waals surface area contributed by atoms with E-state index in [2.05, 4.69) is 15.5 Å². The number of nitro groups is 1. The summed E-state index contributed by atoms with van der Waals surface area (Å²) in [6.45, 7) is 0.925. The Morgan fingerprint density at radius 3 is 2.90 bits per heavy atom. The molecule has 106 valence electrons. The van der Waals surface area contributed by atoms with Gasteiger partial charge in [-0.2, -0.15) is 0 Å². The van der Waals surface area contributed by atoms with Gasteiger partial charge in [0.25, 0.3) is 5.89 Å². The highest BCUT2D eigenvalue weighted by Gasteiger charge is 2.20.